The molecule has 166 valence electrons. The number of nitro benzene ring substituents is 1. The fraction of sp³-hybridized carbons (Fsp3) is 0. The van der Waals surface area contributed by atoms with Crippen molar-refractivity contribution >= 4 is 40.7 Å². The number of furan rings is 1. The third-order valence-corrected chi connectivity index (χ3v) is 5.75. The van der Waals surface area contributed by atoms with Gasteiger partial charge in [-0.3, -0.25) is 19.8 Å². The van der Waals surface area contributed by atoms with Crippen LogP contribution in [-0.4, -0.2) is 10.8 Å². The highest BCUT2D eigenvalue weighted by atomic mass is 35.5. The van der Waals surface area contributed by atoms with Gasteiger partial charge < -0.3 is 4.42 Å². The lowest BCUT2D eigenvalue weighted by Gasteiger charge is -2.21. The van der Waals surface area contributed by atoms with Crippen LogP contribution in [0.2, 0.25) is 5.02 Å². The van der Waals surface area contributed by atoms with Crippen LogP contribution in [0.3, 0.4) is 0 Å². The molecular formula is C27H17ClN2O4. The average molecular weight is 469 g/mol. The fourth-order valence-electron chi connectivity index (χ4n) is 3.80. The molecule has 4 aromatic rings. The van der Waals surface area contributed by atoms with Crippen LogP contribution < -0.4 is 4.90 Å². The molecule has 0 unspecified atom stereocenters. The Hall–Kier alpha value is -4.42. The van der Waals surface area contributed by atoms with Crippen LogP contribution >= 0.6 is 11.6 Å². The van der Waals surface area contributed by atoms with E-state index in [2.05, 4.69) is 0 Å². The van der Waals surface area contributed by atoms with E-state index < -0.39 is 4.92 Å². The maximum Gasteiger partial charge on any atom is 0.269 e. The van der Waals surface area contributed by atoms with E-state index in [1.54, 1.807) is 47.4 Å². The predicted molar refractivity (Wildman–Crippen MR) is 132 cm³/mol. The Bertz CT molecular complexity index is 1450. The number of hydrogen-bond donors (Lipinski definition) is 0. The number of amides is 1. The lowest BCUT2D eigenvalue weighted by molar-refractivity contribution is -0.384. The summed E-state index contributed by atoms with van der Waals surface area (Å²) in [6, 6.07) is 26.4. The largest absolute Gasteiger partial charge is 0.457 e. The van der Waals surface area contributed by atoms with Crippen molar-refractivity contribution in [3.05, 3.63) is 129 Å². The van der Waals surface area contributed by atoms with Crippen LogP contribution in [0.1, 0.15) is 11.3 Å². The van der Waals surface area contributed by atoms with Crippen LogP contribution in [0.25, 0.3) is 23.1 Å². The molecule has 34 heavy (non-hydrogen) atoms. The lowest BCUT2D eigenvalue weighted by Crippen LogP contribution is -2.25. The van der Waals surface area contributed by atoms with Gasteiger partial charge in [-0.25, -0.2) is 0 Å². The summed E-state index contributed by atoms with van der Waals surface area (Å²) in [6.45, 7) is 0. The van der Waals surface area contributed by atoms with Gasteiger partial charge in [0, 0.05) is 23.3 Å². The summed E-state index contributed by atoms with van der Waals surface area (Å²) in [5.41, 5.74) is 3.35. The summed E-state index contributed by atoms with van der Waals surface area (Å²) >= 11 is 6.43. The number of benzene rings is 3. The second kappa shape index (κ2) is 8.84. The summed E-state index contributed by atoms with van der Waals surface area (Å²) < 4.78 is 5.91. The van der Waals surface area contributed by atoms with E-state index in [-0.39, 0.29) is 11.6 Å². The molecule has 5 rings (SSSR count). The molecule has 1 aliphatic heterocycles. The molecular weight excluding hydrogens is 452 g/mol. The molecule has 0 bridgehead atoms. The number of para-hydroxylation sites is 1. The third-order valence-electron chi connectivity index (χ3n) is 5.43. The minimum Gasteiger partial charge on any atom is -0.457 e. The average Bonchev–Trinajstić information content (AvgIpc) is 3.45. The summed E-state index contributed by atoms with van der Waals surface area (Å²) in [5.74, 6) is 0.809. The molecule has 1 aliphatic rings. The van der Waals surface area contributed by atoms with Crippen LogP contribution in [0.5, 0.6) is 0 Å². The Labute approximate surface area is 200 Å². The molecule has 1 amide bonds. The predicted octanol–water partition coefficient (Wildman–Crippen LogP) is 6.98. The third kappa shape index (κ3) is 4.02. The highest BCUT2D eigenvalue weighted by Gasteiger charge is 2.31. The van der Waals surface area contributed by atoms with Crippen molar-refractivity contribution in [3.63, 3.8) is 0 Å². The van der Waals surface area contributed by atoms with Gasteiger partial charge in [0.2, 0.25) is 0 Å². The van der Waals surface area contributed by atoms with E-state index in [4.69, 9.17) is 16.0 Å². The van der Waals surface area contributed by atoms with E-state index in [1.807, 2.05) is 48.5 Å². The van der Waals surface area contributed by atoms with Gasteiger partial charge in [0.25, 0.3) is 11.6 Å². The Morgan fingerprint density at radius 2 is 1.56 bits per heavy atom. The van der Waals surface area contributed by atoms with Gasteiger partial charge in [-0.15, -0.1) is 0 Å². The zero-order valence-corrected chi connectivity index (χ0v) is 18.5. The second-order valence-electron chi connectivity index (χ2n) is 7.59. The topological polar surface area (TPSA) is 76.6 Å². The standard InChI is InChI=1S/C27H17ClN2O4/c28-23-8-4-5-9-24(23)29-25(18-6-2-1-3-7-18)17-20(27(29)31)16-22-14-15-26(34-22)19-10-12-21(13-11-19)30(32)33/h1-17H/b20-16+. The number of hydrogen-bond acceptors (Lipinski definition) is 4. The highest BCUT2D eigenvalue weighted by Crippen LogP contribution is 2.38. The van der Waals surface area contributed by atoms with Gasteiger partial charge in [0.05, 0.1) is 21.3 Å². The van der Waals surface area contributed by atoms with Gasteiger partial charge >= 0.3 is 0 Å². The Morgan fingerprint density at radius 3 is 2.26 bits per heavy atom. The first kappa shape index (κ1) is 21.4. The van der Waals surface area contributed by atoms with E-state index in [0.29, 0.717) is 39.1 Å². The minimum atomic E-state index is -0.450. The van der Waals surface area contributed by atoms with Crippen molar-refractivity contribution in [2.45, 2.75) is 0 Å². The zero-order valence-electron chi connectivity index (χ0n) is 17.7. The smallest absolute Gasteiger partial charge is 0.269 e. The van der Waals surface area contributed by atoms with Crippen LogP contribution in [0.4, 0.5) is 11.4 Å². The summed E-state index contributed by atoms with van der Waals surface area (Å²) in [7, 11) is 0. The van der Waals surface area contributed by atoms with Gasteiger partial charge in [-0.2, -0.15) is 0 Å². The number of halogens is 1. The Morgan fingerprint density at radius 1 is 0.853 bits per heavy atom. The number of nitro groups is 1. The fourth-order valence-corrected chi connectivity index (χ4v) is 4.02. The molecule has 0 aliphatic carbocycles. The van der Waals surface area contributed by atoms with Gasteiger partial charge in [-0.05, 0) is 54.1 Å². The monoisotopic (exact) mass is 468 g/mol. The molecule has 1 aromatic heterocycles. The first-order chi connectivity index (χ1) is 16.5. The van der Waals surface area contributed by atoms with Gasteiger partial charge in [0.1, 0.15) is 11.5 Å². The number of nitrogens with zero attached hydrogens (tertiary/aromatic N) is 2. The number of carbonyl (C=O) groups is 1. The zero-order chi connectivity index (χ0) is 23.7. The Balaban J connectivity index is 1.52. The first-order valence-electron chi connectivity index (χ1n) is 10.4. The Kier molecular flexibility index (Phi) is 5.57. The molecule has 0 N–H and O–H groups in total. The van der Waals surface area contributed by atoms with E-state index in [1.165, 1.54) is 12.1 Å². The normalized spacial score (nSPS) is 14.5. The lowest BCUT2D eigenvalue weighted by atomic mass is 10.1. The molecule has 2 heterocycles. The number of rotatable bonds is 5. The molecule has 0 spiro atoms. The maximum atomic E-state index is 13.5. The number of anilines is 1. The molecule has 3 aromatic carbocycles. The first-order valence-corrected chi connectivity index (χ1v) is 10.8. The quantitative estimate of drug-likeness (QED) is 0.180. The molecule has 0 saturated carbocycles. The summed E-state index contributed by atoms with van der Waals surface area (Å²) in [4.78, 5) is 25.5. The van der Waals surface area contributed by atoms with Crippen molar-refractivity contribution in [1.29, 1.82) is 0 Å². The summed E-state index contributed by atoms with van der Waals surface area (Å²) in [6.07, 6.45) is 3.49. The van der Waals surface area contributed by atoms with Crippen LogP contribution in [-0.2, 0) is 4.79 Å². The van der Waals surface area contributed by atoms with Crippen LogP contribution in [0.15, 0.2) is 107 Å². The minimum absolute atomic E-state index is 0.00689. The van der Waals surface area contributed by atoms with Gasteiger partial charge in [-0.1, -0.05) is 54.1 Å². The molecule has 0 saturated heterocycles. The molecule has 6 nitrogen and oxygen atoms in total. The number of non-ortho nitro benzene ring substituents is 1. The molecule has 0 fully saturated rings. The van der Waals surface area contributed by atoms with Crippen LogP contribution in [0, 0.1) is 10.1 Å². The molecule has 7 heteroatoms. The van der Waals surface area contributed by atoms with Gasteiger partial charge in [0.15, 0.2) is 0 Å². The SMILES string of the molecule is O=C1/C(=C/c2ccc(-c3ccc([N+](=O)[O-])cc3)o2)C=C(c2ccccc2)N1c1ccccc1Cl. The van der Waals surface area contributed by atoms with Crippen molar-refractivity contribution < 1.29 is 14.1 Å². The van der Waals surface area contributed by atoms with Crippen molar-refractivity contribution in [2.24, 2.45) is 0 Å². The van der Waals surface area contributed by atoms with Crippen molar-refractivity contribution in [2.75, 3.05) is 4.90 Å². The maximum absolute atomic E-state index is 13.5. The second-order valence-corrected chi connectivity index (χ2v) is 8.00. The summed E-state index contributed by atoms with van der Waals surface area (Å²) in [5, 5.41) is 11.4. The van der Waals surface area contributed by atoms with E-state index in [9.17, 15) is 14.9 Å². The van der Waals surface area contributed by atoms with E-state index >= 15 is 0 Å². The highest BCUT2D eigenvalue weighted by molar-refractivity contribution is 6.35. The number of carbonyl (C=O) groups excluding carboxylic acids is 1. The molecule has 0 atom stereocenters. The van der Waals surface area contributed by atoms with E-state index in [0.717, 1.165) is 5.56 Å². The molecule has 0 radical (unpaired) electrons. The van der Waals surface area contributed by atoms with Crippen molar-refractivity contribution in [3.8, 4) is 11.3 Å². The van der Waals surface area contributed by atoms with Crippen molar-refractivity contribution in [1.82, 2.24) is 0 Å².